The van der Waals surface area contributed by atoms with Gasteiger partial charge in [0.2, 0.25) is 0 Å². The van der Waals surface area contributed by atoms with Crippen LogP contribution in [0.3, 0.4) is 0 Å². The smallest absolute Gasteiger partial charge is 0.295 e. The summed E-state index contributed by atoms with van der Waals surface area (Å²) >= 11 is 1.12. The SMILES string of the molecule is CN=Cc1ccc([N+](=O)[O-])s1. The molecule has 1 heterocycles. The third-order valence-corrected chi connectivity index (χ3v) is 2.02. The first-order valence-corrected chi connectivity index (χ1v) is 3.72. The number of rotatable bonds is 2. The summed E-state index contributed by atoms with van der Waals surface area (Å²) in [7, 11) is 1.63. The predicted octanol–water partition coefficient (Wildman–Crippen LogP) is 1.70. The molecule has 5 heteroatoms. The molecule has 0 fully saturated rings. The first kappa shape index (κ1) is 7.87. The summed E-state index contributed by atoms with van der Waals surface area (Å²) in [4.78, 5) is 14.3. The minimum Gasteiger partial charge on any atom is -0.295 e. The Balaban J connectivity index is 2.90. The molecule has 0 spiro atoms. The molecule has 4 nitrogen and oxygen atoms in total. The second kappa shape index (κ2) is 3.25. The average molecular weight is 170 g/mol. The molecule has 0 bridgehead atoms. The largest absolute Gasteiger partial charge is 0.324 e. The van der Waals surface area contributed by atoms with Crippen molar-refractivity contribution in [2.75, 3.05) is 7.05 Å². The Labute approximate surface area is 67.3 Å². The number of nitro groups is 1. The lowest BCUT2D eigenvalue weighted by Crippen LogP contribution is -1.80. The number of nitrogens with zero attached hydrogens (tertiary/aromatic N) is 2. The zero-order chi connectivity index (χ0) is 8.27. The Kier molecular flexibility index (Phi) is 2.32. The average Bonchev–Trinajstić information content (AvgIpc) is 2.37. The van der Waals surface area contributed by atoms with Gasteiger partial charge >= 0.3 is 5.00 Å². The van der Waals surface area contributed by atoms with Crippen molar-refractivity contribution in [2.24, 2.45) is 4.99 Å². The van der Waals surface area contributed by atoms with Crippen LogP contribution in [0.1, 0.15) is 4.88 Å². The fourth-order valence-electron chi connectivity index (χ4n) is 0.637. The molecule has 1 aromatic heterocycles. The van der Waals surface area contributed by atoms with Gasteiger partial charge in [-0.1, -0.05) is 11.3 Å². The van der Waals surface area contributed by atoms with E-state index in [1.807, 2.05) is 0 Å². The van der Waals surface area contributed by atoms with Gasteiger partial charge in [-0.3, -0.25) is 15.1 Å². The number of thiophene rings is 1. The lowest BCUT2D eigenvalue weighted by molar-refractivity contribution is -0.380. The summed E-state index contributed by atoms with van der Waals surface area (Å²) in [6.07, 6.45) is 1.59. The minimum absolute atomic E-state index is 0.153. The van der Waals surface area contributed by atoms with E-state index in [2.05, 4.69) is 4.99 Å². The van der Waals surface area contributed by atoms with Crippen LogP contribution in [0.15, 0.2) is 17.1 Å². The maximum absolute atomic E-state index is 10.2. The molecule has 1 aromatic rings. The van der Waals surface area contributed by atoms with E-state index in [0.29, 0.717) is 0 Å². The summed E-state index contributed by atoms with van der Waals surface area (Å²) in [5.41, 5.74) is 0. The van der Waals surface area contributed by atoms with Crippen molar-refractivity contribution >= 4 is 22.6 Å². The first-order valence-electron chi connectivity index (χ1n) is 2.90. The van der Waals surface area contributed by atoms with Crippen LogP contribution in [0.2, 0.25) is 0 Å². The molecule has 0 aliphatic heterocycles. The van der Waals surface area contributed by atoms with E-state index >= 15 is 0 Å². The van der Waals surface area contributed by atoms with Gasteiger partial charge in [0.25, 0.3) is 0 Å². The quantitative estimate of drug-likeness (QED) is 0.385. The summed E-state index contributed by atoms with van der Waals surface area (Å²) in [6.45, 7) is 0. The second-order valence-corrected chi connectivity index (χ2v) is 2.91. The Morgan fingerprint density at radius 3 is 2.91 bits per heavy atom. The third kappa shape index (κ3) is 1.84. The fraction of sp³-hybridized carbons (Fsp3) is 0.167. The molecular weight excluding hydrogens is 164 g/mol. The summed E-state index contributed by atoms with van der Waals surface area (Å²) in [5, 5.41) is 10.3. The molecule has 0 aromatic carbocycles. The Bertz CT molecular complexity index is 293. The molecule has 0 aliphatic carbocycles. The molecule has 0 saturated heterocycles. The van der Waals surface area contributed by atoms with Gasteiger partial charge in [-0.25, -0.2) is 0 Å². The second-order valence-electron chi connectivity index (χ2n) is 1.82. The van der Waals surface area contributed by atoms with Crippen molar-refractivity contribution in [1.82, 2.24) is 0 Å². The minimum atomic E-state index is -0.405. The highest BCUT2D eigenvalue weighted by atomic mass is 32.1. The number of aliphatic imine (C=N–C) groups is 1. The standard InChI is InChI=1S/C6H6N2O2S/c1-7-4-5-2-3-6(11-5)8(9)10/h2-4H,1H3. The third-order valence-electron chi connectivity index (χ3n) is 1.05. The topological polar surface area (TPSA) is 55.5 Å². The van der Waals surface area contributed by atoms with Gasteiger partial charge < -0.3 is 0 Å². The van der Waals surface area contributed by atoms with Crippen LogP contribution in [0.4, 0.5) is 5.00 Å². The maximum atomic E-state index is 10.2. The molecule has 0 amide bonds. The summed E-state index contributed by atoms with van der Waals surface area (Å²) < 4.78 is 0. The summed E-state index contributed by atoms with van der Waals surface area (Å²) in [6, 6.07) is 3.15. The van der Waals surface area contributed by atoms with Crippen molar-refractivity contribution in [3.63, 3.8) is 0 Å². The lowest BCUT2D eigenvalue weighted by atomic mass is 10.5. The highest BCUT2D eigenvalue weighted by Gasteiger charge is 2.07. The van der Waals surface area contributed by atoms with Crippen LogP contribution in [0.25, 0.3) is 0 Å². The van der Waals surface area contributed by atoms with Gasteiger partial charge in [0.15, 0.2) is 0 Å². The molecule has 0 saturated carbocycles. The van der Waals surface area contributed by atoms with Gasteiger partial charge in [-0.05, 0) is 6.07 Å². The molecule has 0 radical (unpaired) electrons. The molecule has 0 aliphatic rings. The van der Waals surface area contributed by atoms with Crippen molar-refractivity contribution in [3.8, 4) is 0 Å². The van der Waals surface area contributed by atoms with E-state index in [1.165, 1.54) is 6.07 Å². The molecular formula is C6H6N2O2S. The van der Waals surface area contributed by atoms with E-state index in [4.69, 9.17) is 0 Å². The van der Waals surface area contributed by atoms with Crippen molar-refractivity contribution in [3.05, 3.63) is 27.1 Å². The molecule has 11 heavy (non-hydrogen) atoms. The van der Waals surface area contributed by atoms with Gasteiger partial charge in [0.1, 0.15) is 0 Å². The van der Waals surface area contributed by atoms with Crippen LogP contribution in [-0.4, -0.2) is 18.2 Å². The Morgan fingerprint density at radius 2 is 2.45 bits per heavy atom. The highest BCUT2D eigenvalue weighted by Crippen LogP contribution is 2.22. The first-order chi connectivity index (χ1) is 5.24. The van der Waals surface area contributed by atoms with Crippen molar-refractivity contribution in [2.45, 2.75) is 0 Å². The van der Waals surface area contributed by atoms with Gasteiger partial charge in [-0.15, -0.1) is 0 Å². The van der Waals surface area contributed by atoms with E-state index in [9.17, 15) is 10.1 Å². The van der Waals surface area contributed by atoms with E-state index < -0.39 is 4.92 Å². The highest BCUT2D eigenvalue weighted by molar-refractivity contribution is 7.16. The van der Waals surface area contributed by atoms with E-state index in [1.54, 1.807) is 19.3 Å². The van der Waals surface area contributed by atoms with Crippen LogP contribution < -0.4 is 0 Å². The Hall–Kier alpha value is -1.23. The molecule has 0 N–H and O–H groups in total. The maximum Gasteiger partial charge on any atom is 0.324 e. The zero-order valence-electron chi connectivity index (χ0n) is 5.85. The Morgan fingerprint density at radius 1 is 1.73 bits per heavy atom. The van der Waals surface area contributed by atoms with Gasteiger partial charge in [0, 0.05) is 19.3 Å². The van der Waals surface area contributed by atoms with Gasteiger partial charge in [-0.2, -0.15) is 0 Å². The number of hydrogen-bond donors (Lipinski definition) is 0. The van der Waals surface area contributed by atoms with Crippen LogP contribution in [0, 0.1) is 10.1 Å². The molecule has 1 rings (SSSR count). The predicted molar refractivity (Wildman–Crippen MR) is 44.5 cm³/mol. The van der Waals surface area contributed by atoms with E-state index in [0.717, 1.165) is 16.2 Å². The van der Waals surface area contributed by atoms with Crippen molar-refractivity contribution < 1.29 is 4.92 Å². The van der Waals surface area contributed by atoms with Crippen LogP contribution >= 0.6 is 11.3 Å². The van der Waals surface area contributed by atoms with Crippen LogP contribution in [0.5, 0.6) is 0 Å². The van der Waals surface area contributed by atoms with Gasteiger partial charge in [0.05, 0.1) is 9.80 Å². The van der Waals surface area contributed by atoms with Crippen molar-refractivity contribution in [1.29, 1.82) is 0 Å². The fourth-order valence-corrected chi connectivity index (χ4v) is 1.38. The lowest BCUT2D eigenvalue weighted by Gasteiger charge is -1.79. The normalized spacial score (nSPS) is 10.6. The molecule has 58 valence electrons. The molecule has 0 unspecified atom stereocenters. The summed E-state index contributed by atoms with van der Waals surface area (Å²) in [5.74, 6) is 0. The van der Waals surface area contributed by atoms with Crippen LogP contribution in [-0.2, 0) is 0 Å². The zero-order valence-corrected chi connectivity index (χ0v) is 6.67. The monoisotopic (exact) mass is 170 g/mol. The number of hydrogen-bond acceptors (Lipinski definition) is 4. The molecule has 0 atom stereocenters. The van der Waals surface area contributed by atoms with E-state index in [-0.39, 0.29) is 5.00 Å².